The molecule has 4 nitrogen and oxygen atoms in total. The summed E-state index contributed by atoms with van der Waals surface area (Å²) in [6.07, 6.45) is 3.02. The Kier molecular flexibility index (Phi) is 6.30. The maximum absolute atomic E-state index is 12.3. The van der Waals surface area contributed by atoms with E-state index in [9.17, 15) is 9.59 Å². The second kappa shape index (κ2) is 8.87. The van der Waals surface area contributed by atoms with Crippen LogP contribution in [0.25, 0.3) is 21.5 Å². The molecule has 0 aromatic heterocycles. The molecule has 0 amide bonds. The first-order valence-electron chi connectivity index (χ1n) is 9.97. The number of hydrogen-bond acceptors (Lipinski definition) is 4. The highest BCUT2D eigenvalue weighted by molar-refractivity contribution is 6.12. The van der Waals surface area contributed by atoms with Gasteiger partial charge in [-0.15, -0.1) is 0 Å². The van der Waals surface area contributed by atoms with E-state index in [1.807, 2.05) is 56.3 Å². The van der Waals surface area contributed by atoms with Crippen molar-refractivity contribution in [1.82, 2.24) is 0 Å². The van der Waals surface area contributed by atoms with E-state index in [1.54, 1.807) is 0 Å². The molecule has 0 bridgehead atoms. The quantitative estimate of drug-likeness (QED) is 0.289. The lowest BCUT2D eigenvalue weighted by molar-refractivity contribution is -0.135. The summed E-state index contributed by atoms with van der Waals surface area (Å²) in [5.74, 6) is 0.549. The van der Waals surface area contributed by atoms with Gasteiger partial charge < -0.3 is 9.47 Å². The third-order valence-electron chi connectivity index (χ3n) is 4.74. The van der Waals surface area contributed by atoms with Gasteiger partial charge in [0.25, 0.3) is 0 Å². The standard InChI is InChI=1S/C24H26O4/c1-4-9-21(25)27-23-17-11-7-8-12-18(17)24(28-22(26)10-5-2)20-15-16(6-3)13-14-19(20)23/h7-8,11-15H,4-6,9-10H2,1-3H3. The molecule has 146 valence electrons. The van der Waals surface area contributed by atoms with E-state index in [0.717, 1.165) is 46.4 Å². The van der Waals surface area contributed by atoms with Gasteiger partial charge in [-0.25, -0.2) is 0 Å². The van der Waals surface area contributed by atoms with Crippen molar-refractivity contribution in [3.63, 3.8) is 0 Å². The number of ether oxygens (including phenoxy) is 2. The van der Waals surface area contributed by atoms with E-state index >= 15 is 0 Å². The zero-order chi connectivity index (χ0) is 20.1. The van der Waals surface area contributed by atoms with Crippen molar-refractivity contribution in [3.05, 3.63) is 48.0 Å². The number of carbonyl (C=O) groups is 2. The van der Waals surface area contributed by atoms with Crippen LogP contribution in [0.4, 0.5) is 0 Å². The lowest BCUT2D eigenvalue weighted by Crippen LogP contribution is -2.10. The van der Waals surface area contributed by atoms with Crippen molar-refractivity contribution in [3.8, 4) is 11.5 Å². The number of aryl methyl sites for hydroxylation is 1. The van der Waals surface area contributed by atoms with Gasteiger partial charge in [-0.05, 0) is 30.9 Å². The van der Waals surface area contributed by atoms with Crippen LogP contribution in [0.2, 0.25) is 0 Å². The van der Waals surface area contributed by atoms with Crippen LogP contribution in [0.15, 0.2) is 42.5 Å². The second-order valence-electron chi connectivity index (χ2n) is 6.89. The van der Waals surface area contributed by atoms with Crippen molar-refractivity contribution in [2.45, 2.75) is 52.9 Å². The summed E-state index contributed by atoms with van der Waals surface area (Å²) in [5, 5.41) is 3.11. The summed E-state index contributed by atoms with van der Waals surface area (Å²) < 4.78 is 11.6. The summed E-state index contributed by atoms with van der Waals surface area (Å²) in [5.41, 5.74) is 1.13. The highest BCUT2D eigenvalue weighted by atomic mass is 16.5. The van der Waals surface area contributed by atoms with E-state index in [-0.39, 0.29) is 11.9 Å². The predicted octanol–water partition coefficient (Wildman–Crippen LogP) is 5.97. The first-order valence-corrected chi connectivity index (χ1v) is 9.97. The average molecular weight is 378 g/mol. The Bertz CT molecular complexity index is 1020. The van der Waals surface area contributed by atoms with E-state index in [4.69, 9.17) is 9.47 Å². The molecule has 3 aromatic rings. The van der Waals surface area contributed by atoms with Gasteiger partial charge in [0, 0.05) is 34.4 Å². The highest BCUT2D eigenvalue weighted by Crippen LogP contribution is 2.43. The molecule has 0 fully saturated rings. The van der Waals surface area contributed by atoms with Crippen LogP contribution in [0, 0.1) is 0 Å². The van der Waals surface area contributed by atoms with Gasteiger partial charge in [0.1, 0.15) is 11.5 Å². The Labute approximate surface area is 165 Å². The third-order valence-corrected chi connectivity index (χ3v) is 4.74. The number of esters is 2. The maximum Gasteiger partial charge on any atom is 0.311 e. The van der Waals surface area contributed by atoms with Crippen molar-refractivity contribution >= 4 is 33.5 Å². The molecule has 0 saturated heterocycles. The van der Waals surface area contributed by atoms with Gasteiger partial charge in [-0.3, -0.25) is 9.59 Å². The molecular formula is C24H26O4. The fourth-order valence-electron chi connectivity index (χ4n) is 3.32. The van der Waals surface area contributed by atoms with Gasteiger partial charge in [-0.2, -0.15) is 0 Å². The molecule has 0 heterocycles. The molecule has 0 spiro atoms. The monoisotopic (exact) mass is 378 g/mol. The average Bonchev–Trinajstić information content (AvgIpc) is 2.70. The maximum atomic E-state index is 12.3. The number of benzene rings is 3. The van der Waals surface area contributed by atoms with E-state index in [2.05, 4.69) is 6.92 Å². The van der Waals surface area contributed by atoms with E-state index in [1.165, 1.54) is 0 Å². The molecule has 0 aliphatic heterocycles. The zero-order valence-electron chi connectivity index (χ0n) is 16.7. The predicted molar refractivity (Wildman–Crippen MR) is 112 cm³/mol. The van der Waals surface area contributed by atoms with Gasteiger partial charge in [0.15, 0.2) is 0 Å². The van der Waals surface area contributed by atoms with Crippen molar-refractivity contribution in [2.75, 3.05) is 0 Å². The minimum Gasteiger partial charge on any atom is -0.425 e. The lowest BCUT2D eigenvalue weighted by atomic mass is 9.98. The first kappa shape index (κ1) is 19.9. The van der Waals surface area contributed by atoms with Gasteiger partial charge in [0.05, 0.1) is 0 Å². The summed E-state index contributed by atoms with van der Waals surface area (Å²) in [6, 6.07) is 13.6. The lowest BCUT2D eigenvalue weighted by Gasteiger charge is -2.17. The zero-order valence-corrected chi connectivity index (χ0v) is 16.7. The Morgan fingerprint density at radius 2 is 1.21 bits per heavy atom. The Balaban J connectivity index is 2.30. The summed E-state index contributed by atoms with van der Waals surface area (Å²) in [4.78, 5) is 24.6. The van der Waals surface area contributed by atoms with Gasteiger partial charge in [0.2, 0.25) is 0 Å². The third kappa shape index (κ3) is 4.01. The van der Waals surface area contributed by atoms with Crippen LogP contribution >= 0.6 is 0 Å². The van der Waals surface area contributed by atoms with Crippen LogP contribution in [-0.4, -0.2) is 11.9 Å². The molecular weight excluding hydrogens is 352 g/mol. The molecule has 4 heteroatoms. The minimum atomic E-state index is -0.260. The Morgan fingerprint density at radius 1 is 0.714 bits per heavy atom. The number of rotatable bonds is 7. The molecule has 3 aromatic carbocycles. The van der Waals surface area contributed by atoms with Gasteiger partial charge >= 0.3 is 11.9 Å². The fourth-order valence-corrected chi connectivity index (χ4v) is 3.32. The molecule has 0 radical (unpaired) electrons. The second-order valence-corrected chi connectivity index (χ2v) is 6.89. The van der Waals surface area contributed by atoms with Crippen LogP contribution in [0.1, 0.15) is 52.0 Å². The Hall–Kier alpha value is -2.88. The normalized spacial score (nSPS) is 11.0. The number of carbonyl (C=O) groups excluding carboxylic acids is 2. The highest BCUT2D eigenvalue weighted by Gasteiger charge is 2.20. The van der Waals surface area contributed by atoms with Crippen molar-refractivity contribution in [1.29, 1.82) is 0 Å². The fraction of sp³-hybridized carbons (Fsp3) is 0.333. The number of fused-ring (bicyclic) bond motifs is 2. The summed E-state index contributed by atoms with van der Waals surface area (Å²) >= 11 is 0. The van der Waals surface area contributed by atoms with Crippen LogP contribution in [0.3, 0.4) is 0 Å². The summed E-state index contributed by atoms with van der Waals surface area (Å²) in [6.45, 7) is 5.97. The molecule has 0 N–H and O–H groups in total. The molecule has 28 heavy (non-hydrogen) atoms. The van der Waals surface area contributed by atoms with E-state index in [0.29, 0.717) is 24.3 Å². The first-order chi connectivity index (χ1) is 13.6. The molecule has 0 aliphatic carbocycles. The van der Waals surface area contributed by atoms with Crippen LogP contribution in [-0.2, 0) is 16.0 Å². The molecule has 0 unspecified atom stereocenters. The van der Waals surface area contributed by atoms with Gasteiger partial charge in [-0.1, -0.05) is 57.2 Å². The minimum absolute atomic E-state index is 0.258. The molecule has 3 rings (SSSR count). The van der Waals surface area contributed by atoms with Crippen molar-refractivity contribution < 1.29 is 19.1 Å². The van der Waals surface area contributed by atoms with Crippen LogP contribution in [0.5, 0.6) is 11.5 Å². The molecule has 0 saturated carbocycles. The van der Waals surface area contributed by atoms with Crippen LogP contribution < -0.4 is 9.47 Å². The smallest absolute Gasteiger partial charge is 0.311 e. The topological polar surface area (TPSA) is 52.6 Å². The number of hydrogen-bond donors (Lipinski definition) is 0. The van der Waals surface area contributed by atoms with E-state index < -0.39 is 0 Å². The SMILES string of the molecule is CCCC(=O)Oc1c2ccccc2c(OC(=O)CCC)c2cc(CC)ccc12. The van der Waals surface area contributed by atoms with Crippen molar-refractivity contribution in [2.24, 2.45) is 0 Å². The molecule has 0 atom stereocenters. The molecule has 0 aliphatic rings. The Morgan fingerprint density at radius 3 is 1.71 bits per heavy atom. The summed E-state index contributed by atoms with van der Waals surface area (Å²) in [7, 11) is 0. The largest absolute Gasteiger partial charge is 0.425 e.